The first kappa shape index (κ1) is 18.8. The van der Waals surface area contributed by atoms with E-state index in [9.17, 15) is 4.79 Å². The summed E-state index contributed by atoms with van der Waals surface area (Å²) >= 11 is 1.46. The van der Waals surface area contributed by atoms with Gasteiger partial charge in [0.25, 0.3) is 0 Å². The van der Waals surface area contributed by atoms with Crippen molar-refractivity contribution in [3.8, 4) is 17.1 Å². The van der Waals surface area contributed by atoms with E-state index in [0.29, 0.717) is 11.7 Å². The lowest BCUT2D eigenvalue weighted by Crippen LogP contribution is -2.40. The van der Waals surface area contributed by atoms with Crippen LogP contribution in [0.1, 0.15) is 26.7 Å². The van der Waals surface area contributed by atoms with Gasteiger partial charge in [-0.1, -0.05) is 30.8 Å². The zero-order valence-corrected chi connectivity index (χ0v) is 16.5. The summed E-state index contributed by atoms with van der Waals surface area (Å²) in [7, 11) is 1.65. The van der Waals surface area contributed by atoms with Crippen LogP contribution in [0.4, 0.5) is 0 Å². The van der Waals surface area contributed by atoms with Crippen molar-refractivity contribution in [1.82, 2.24) is 19.7 Å². The van der Waals surface area contributed by atoms with E-state index in [1.807, 2.05) is 33.7 Å². The van der Waals surface area contributed by atoms with Crippen LogP contribution in [0.5, 0.6) is 5.75 Å². The van der Waals surface area contributed by atoms with Crippen molar-refractivity contribution in [2.24, 2.45) is 5.92 Å². The van der Waals surface area contributed by atoms with Gasteiger partial charge in [-0.3, -0.25) is 4.79 Å². The smallest absolute Gasteiger partial charge is 0.233 e. The van der Waals surface area contributed by atoms with Crippen molar-refractivity contribution >= 4 is 17.7 Å². The highest BCUT2D eigenvalue weighted by Gasteiger charge is 2.22. The minimum Gasteiger partial charge on any atom is -0.496 e. The van der Waals surface area contributed by atoms with Crippen LogP contribution in [0.3, 0.4) is 0 Å². The Morgan fingerprint density at radius 1 is 1.35 bits per heavy atom. The van der Waals surface area contributed by atoms with Gasteiger partial charge in [-0.2, -0.15) is 0 Å². The highest BCUT2D eigenvalue weighted by molar-refractivity contribution is 7.99. The summed E-state index contributed by atoms with van der Waals surface area (Å²) in [6.45, 7) is 6.74. The van der Waals surface area contributed by atoms with Gasteiger partial charge in [0, 0.05) is 19.6 Å². The molecule has 140 valence electrons. The number of hydrogen-bond acceptors (Lipinski definition) is 5. The first-order valence-electron chi connectivity index (χ1n) is 9.11. The minimum atomic E-state index is 0.186. The summed E-state index contributed by atoms with van der Waals surface area (Å²) in [5.41, 5.74) is 0.910. The van der Waals surface area contributed by atoms with Crippen LogP contribution in [0.2, 0.25) is 0 Å². The molecule has 1 fully saturated rings. The molecular weight excluding hydrogens is 348 g/mol. The molecule has 0 saturated carbocycles. The molecule has 0 aliphatic carbocycles. The van der Waals surface area contributed by atoms with Gasteiger partial charge in [-0.25, -0.2) is 0 Å². The van der Waals surface area contributed by atoms with Crippen LogP contribution < -0.4 is 4.74 Å². The molecule has 1 saturated heterocycles. The standard InChI is InChI=1S/C19H26N4O2S/c1-4-23-18(15-9-5-6-10-16(15)25-3)20-21-19(23)26-13-17(24)22-11-7-8-14(2)12-22/h5-6,9-10,14H,4,7-8,11-13H2,1-3H3. The van der Waals surface area contributed by atoms with Crippen molar-refractivity contribution in [1.29, 1.82) is 0 Å². The quantitative estimate of drug-likeness (QED) is 0.726. The molecule has 1 amide bonds. The number of benzene rings is 1. The molecule has 1 unspecified atom stereocenters. The first-order valence-corrected chi connectivity index (χ1v) is 10.1. The fraction of sp³-hybridized carbons (Fsp3) is 0.526. The van der Waals surface area contributed by atoms with E-state index in [1.54, 1.807) is 7.11 Å². The lowest BCUT2D eigenvalue weighted by atomic mass is 10.0. The zero-order chi connectivity index (χ0) is 18.5. The lowest BCUT2D eigenvalue weighted by molar-refractivity contribution is -0.130. The maximum atomic E-state index is 12.5. The van der Waals surface area contributed by atoms with E-state index >= 15 is 0 Å². The number of para-hydroxylation sites is 1. The van der Waals surface area contributed by atoms with Crippen molar-refractivity contribution in [2.75, 3.05) is 26.0 Å². The molecule has 2 heterocycles. The van der Waals surface area contributed by atoms with Crippen LogP contribution in [-0.4, -0.2) is 51.5 Å². The molecule has 1 aliphatic heterocycles. The second-order valence-corrected chi connectivity index (χ2v) is 7.57. The van der Waals surface area contributed by atoms with Gasteiger partial charge in [0.15, 0.2) is 11.0 Å². The first-order chi connectivity index (χ1) is 12.6. The molecule has 1 aromatic heterocycles. The number of thioether (sulfide) groups is 1. The maximum Gasteiger partial charge on any atom is 0.233 e. The fourth-order valence-electron chi connectivity index (χ4n) is 3.34. The molecule has 2 aromatic rings. The molecule has 0 spiro atoms. The Bertz CT molecular complexity index is 762. The molecular formula is C19H26N4O2S. The normalized spacial score (nSPS) is 17.3. The van der Waals surface area contributed by atoms with Crippen LogP contribution >= 0.6 is 11.8 Å². The lowest BCUT2D eigenvalue weighted by Gasteiger charge is -2.30. The highest BCUT2D eigenvalue weighted by atomic mass is 32.2. The zero-order valence-electron chi connectivity index (χ0n) is 15.6. The number of ether oxygens (including phenoxy) is 1. The molecule has 6 nitrogen and oxygen atoms in total. The van der Waals surface area contributed by atoms with Crippen molar-refractivity contribution in [3.05, 3.63) is 24.3 Å². The van der Waals surface area contributed by atoms with Gasteiger partial charge in [0.1, 0.15) is 5.75 Å². The van der Waals surface area contributed by atoms with Gasteiger partial charge in [-0.05, 0) is 37.8 Å². The number of amides is 1. The van der Waals surface area contributed by atoms with E-state index < -0.39 is 0 Å². The topological polar surface area (TPSA) is 60.2 Å². The van der Waals surface area contributed by atoms with E-state index in [4.69, 9.17) is 4.74 Å². The summed E-state index contributed by atoms with van der Waals surface area (Å²) in [5, 5.41) is 9.45. The molecule has 3 rings (SSSR count). The molecule has 1 atom stereocenters. The number of carbonyl (C=O) groups is 1. The third-order valence-corrected chi connectivity index (χ3v) is 5.67. The Morgan fingerprint density at radius 3 is 2.88 bits per heavy atom. The van der Waals surface area contributed by atoms with Gasteiger partial charge < -0.3 is 14.2 Å². The van der Waals surface area contributed by atoms with Gasteiger partial charge in [0.05, 0.1) is 18.4 Å². The SMILES string of the molecule is CCn1c(SCC(=O)N2CCCC(C)C2)nnc1-c1ccccc1OC. The summed E-state index contributed by atoms with van der Waals surface area (Å²) in [5.74, 6) is 2.72. The number of aromatic nitrogens is 3. The molecule has 0 N–H and O–H groups in total. The number of nitrogens with zero attached hydrogens (tertiary/aromatic N) is 4. The molecule has 1 aliphatic rings. The Kier molecular flexibility index (Phi) is 6.19. The predicted octanol–water partition coefficient (Wildman–Crippen LogP) is 3.32. The minimum absolute atomic E-state index is 0.186. The van der Waals surface area contributed by atoms with Crippen molar-refractivity contribution in [2.45, 2.75) is 38.4 Å². The van der Waals surface area contributed by atoms with E-state index in [2.05, 4.69) is 24.0 Å². The Labute approximate surface area is 158 Å². The second kappa shape index (κ2) is 8.58. The van der Waals surface area contributed by atoms with Crippen molar-refractivity contribution < 1.29 is 9.53 Å². The number of methoxy groups -OCH3 is 1. The molecule has 0 bridgehead atoms. The van der Waals surface area contributed by atoms with Crippen LogP contribution in [0.15, 0.2) is 29.4 Å². The van der Waals surface area contributed by atoms with Gasteiger partial charge >= 0.3 is 0 Å². The van der Waals surface area contributed by atoms with Crippen LogP contribution in [-0.2, 0) is 11.3 Å². The number of rotatable bonds is 6. The summed E-state index contributed by atoms with van der Waals surface area (Å²) in [6.07, 6.45) is 2.31. The van der Waals surface area contributed by atoms with Gasteiger partial charge in [-0.15, -0.1) is 10.2 Å². The average molecular weight is 375 g/mol. The maximum absolute atomic E-state index is 12.5. The summed E-state index contributed by atoms with van der Waals surface area (Å²) < 4.78 is 7.48. The predicted molar refractivity (Wildman–Crippen MR) is 103 cm³/mol. The Hall–Kier alpha value is -2.02. The van der Waals surface area contributed by atoms with E-state index in [-0.39, 0.29) is 5.91 Å². The highest BCUT2D eigenvalue weighted by Crippen LogP contribution is 2.31. The number of likely N-dealkylation sites (tertiary alicyclic amines) is 1. The third-order valence-electron chi connectivity index (χ3n) is 4.72. The molecule has 26 heavy (non-hydrogen) atoms. The van der Waals surface area contributed by atoms with Crippen LogP contribution in [0, 0.1) is 5.92 Å². The summed E-state index contributed by atoms with van der Waals surface area (Å²) in [6, 6.07) is 7.78. The van der Waals surface area contributed by atoms with Gasteiger partial charge in [0.2, 0.25) is 5.91 Å². The third kappa shape index (κ3) is 4.03. The molecule has 0 radical (unpaired) electrons. The summed E-state index contributed by atoms with van der Waals surface area (Å²) in [4.78, 5) is 14.5. The van der Waals surface area contributed by atoms with E-state index in [0.717, 1.165) is 48.3 Å². The number of hydrogen-bond donors (Lipinski definition) is 0. The average Bonchev–Trinajstić information content (AvgIpc) is 3.08. The number of carbonyl (C=O) groups excluding carboxylic acids is 1. The largest absolute Gasteiger partial charge is 0.496 e. The Morgan fingerprint density at radius 2 is 2.15 bits per heavy atom. The fourth-order valence-corrected chi connectivity index (χ4v) is 4.25. The molecule has 1 aromatic carbocycles. The van der Waals surface area contributed by atoms with E-state index in [1.165, 1.54) is 18.2 Å². The second-order valence-electron chi connectivity index (χ2n) is 6.63. The monoisotopic (exact) mass is 374 g/mol. The molecule has 7 heteroatoms. The van der Waals surface area contributed by atoms with Crippen LogP contribution in [0.25, 0.3) is 11.4 Å². The van der Waals surface area contributed by atoms with Crippen molar-refractivity contribution in [3.63, 3.8) is 0 Å². The Balaban J connectivity index is 1.73. The number of piperidine rings is 1.